The van der Waals surface area contributed by atoms with Crippen LogP contribution in [0.5, 0.6) is 0 Å². The summed E-state index contributed by atoms with van der Waals surface area (Å²) >= 11 is 0. The Balaban J connectivity index is -0.000000201. The van der Waals surface area contributed by atoms with E-state index in [4.69, 9.17) is 0 Å². The molecule has 0 fully saturated rings. The van der Waals surface area contributed by atoms with Gasteiger partial charge in [0.1, 0.15) is 0 Å². The standard InChI is InChI=1S/C7H10F2.C4H10.C3H6/c1-4-5-6(2)7(3,8)9;1-4(2)3;1-3-2/h4-5H,1H2,2-3H3;4H,1-3H3;3H,1H2,2H3/b6-5+;;. The molecule has 0 aliphatic carbocycles. The second-order valence-electron chi connectivity index (χ2n) is 4.11. The van der Waals surface area contributed by atoms with Gasteiger partial charge >= 0.3 is 0 Å². The van der Waals surface area contributed by atoms with Crippen molar-refractivity contribution in [2.75, 3.05) is 0 Å². The van der Waals surface area contributed by atoms with E-state index in [-0.39, 0.29) is 5.57 Å². The molecule has 96 valence electrons. The van der Waals surface area contributed by atoms with Gasteiger partial charge in [0.2, 0.25) is 0 Å². The lowest BCUT2D eigenvalue weighted by Crippen LogP contribution is -2.10. The minimum absolute atomic E-state index is 0.0394. The minimum atomic E-state index is -2.70. The van der Waals surface area contributed by atoms with E-state index >= 15 is 0 Å². The van der Waals surface area contributed by atoms with Crippen molar-refractivity contribution in [3.8, 4) is 0 Å². The van der Waals surface area contributed by atoms with Crippen molar-refractivity contribution in [1.29, 1.82) is 0 Å². The Hall–Kier alpha value is -0.920. The predicted octanol–water partition coefficient (Wildman–Crippen LogP) is 5.63. The summed E-state index contributed by atoms with van der Waals surface area (Å²) in [6, 6.07) is 0. The molecule has 0 unspecified atom stereocenters. The molecule has 0 bridgehead atoms. The lowest BCUT2D eigenvalue weighted by Gasteiger charge is -2.08. The number of hydrogen-bond acceptors (Lipinski definition) is 0. The first kappa shape index (κ1) is 20.5. The monoisotopic (exact) mass is 232 g/mol. The van der Waals surface area contributed by atoms with Crippen LogP contribution in [-0.2, 0) is 0 Å². The van der Waals surface area contributed by atoms with Gasteiger partial charge in [-0.3, -0.25) is 0 Å². The Labute approximate surface area is 99.8 Å². The topological polar surface area (TPSA) is 0 Å². The molecule has 0 radical (unpaired) electrons. The fourth-order valence-electron chi connectivity index (χ4n) is 0.323. The van der Waals surface area contributed by atoms with Gasteiger partial charge in [-0.2, -0.15) is 0 Å². The predicted molar refractivity (Wildman–Crippen MR) is 71.0 cm³/mol. The third kappa shape index (κ3) is 29.2. The zero-order chi connectivity index (χ0) is 13.8. The van der Waals surface area contributed by atoms with E-state index in [1.807, 2.05) is 6.92 Å². The molecule has 0 saturated carbocycles. The van der Waals surface area contributed by atoms with Crippen molar-refractivity contribution in [3.05, 3.63) is 37.0 Å². The first-order valence-corrected chi connectivity index (χ1v) is 5.38. The molecule has 0 saturated heterocycles. The minimum Gasteiger partial charge on any atom is -0.202 e. The lowest BCUT2D eigenvalue weighted by atomic mass is 10.2. The van der Waals surface area contributed by atoms with Crippen molar-refractivity contribution >= 4 is 0 Å². The summed E-state index contributed by atoms with van der Waals surface area (Å²) in [4.78, 5) is 0. The maximum atomic E-state index is 12.2. The van der Waals surface area contributed by atoms with Gasteiger partial charge in [0.25, 0.3) is 5.92 Å². The van der Waals surface area contributed by atoms with Crippen molar-refractivity contribution in [2.24, 2.45) is 5.92 Å². The van der Waals surface area contributed by atoms with E-state index in [1.54, 1.807) is 6.08 Å². The molecule has 0 amide bonds. The van der Waals surface area contributed by atoms with E-state index in [0.717, 1.165) is 12.8 Å². The van der Waals surface area contributed by atoms with Crippen LogP contribution in [0.3, 0.4) is 0 Å². The van der Waals surface area contributed by atoms with Crippen LogP contribution in [0.25, 0.3) is 0 Å². The lowest BCUT2D eigenvalue weighted by molar-refractivity contribution is 0.0635. The zero-order valence-electron chi connectivity index (χ0n) is 11.5. The molecule has 0 N–H and O–H groups in total. The third-order valence-electron chi connectivity index (χ3n) is 1.06. The second-order valence-corrected chi connectivity index (χ2v) is 4.11. The van der Waals surface area contributed by atoms with Gasteiger partial charge in [-0.15, -0.1) is 6.58 Å². The van der Waals surface area contributed by atoms with Crippen LogP contribution in [0.15, 0.2) is 37.0 Å². The highest BCUT2D eigenvalue weighted by molar-refractivity contribution is 5.14. The Kier molecular flexibility index (Phi) is 15.6. The number of alkyl halides is 2. The Morgan fingerprint density at radius 1 is 1.19 bits per heavy atom. The Morgan fingerprint density at radius 3 is 1.50 bits per heavy atom. The van der Waals surface area contributed by atoms with Crippen LogP contribution in [0, 0.1) is 5.92 Å². The van der Waals surface area contributed by atoms with Gasteiger partial charge in [0, 0.05) is 6.92 Å². The van der Waals surface area contributed by atoms with E-state index < -0.39 is 5.92 Å². The maximum Gasteiger partial charge on any atom is 0.266 e. The molecule has 0 aromatic rings. The Bertz CT molecular complexity index is 193. The quantitative estimate of drug-likeness (QED) is 0.427. The Morgan fingerprint density at radius 2 is 1.44 bits per heavy atom. The van der Waals surface area contributed by atoms with Crippen LogP contribution >= 0.6 is 0 Å². The summed E-state index contributed by atoms with van der Waals surface area (Å²) < 4.78 is 24.4. The molecule has 0 rings (SSSR count). The van der Waals surface area contributed by atoms with E-state index in [1.165, 1.54) is 19.1 Å². The van der Waals surface area contributed by atoms with Crippen LogP contribution in [0.2, 0.25) is 0 Å². The van der Waals surface area contributed by atoms with Crippen LogP contribution in [-0.4, -0.2) is 5.92 Å². The number of halogens is 2. The second kappa shape index (κ2) is 12.2. The smallest absolute Gasteiger partial charge is 0.202 e. The first-order valence-electron chi connectivity index (χ1n) is 5.38. The molecular formula is C14H26F2. The van der Waals surface area contributed by atoms with Gasteiger partial charge in [-0.05, 0) is 25.3 Å². The summed E-state index contributed by atoms with van der Waals surface area (Å²) in [5, 5.41) is 0. The molecule has 0 aromatic heterocycles. The van der Waals surface area contributed by atoms with Crippen LogP contribution in [0.1, 0.15) is 41.5 Å². The summed E-state index contributed by atoms with van der Waals surface area (Å²) in [5.74, 6) is -1.87. The largest absolute Gasteiger partial charge is 0.266 e. The summed E-state index contributed by atoms with van der Waals surface area (Å²) in [5.41, 5.74) is 0.0394. The number of hydrogen-bond donors (Lipinski definition) is 0. The molecule has 0 spiro atoms. The van der Waals surface area contributed by atoms with E-state index in [9.17, 15) is 8.78 Å². The summed E-state index contributed by atoms with van der Waals surface area (Å²) in [6.07, 6.45) is 4.41. The highest BCUT2D eigenvalue weighted by atomic mass is 19.3. The molecule has 2 heteroatoms. The van der Waals surface area contributed by atoms with E-state index in [0.29, 0.717) is 0 Å². The maximum absolute atomic E-state index is 12.2. The van der Waals surface area contributed by atoms with Crippen molar-refractivity contribution in [1.82, 2.24) is 0 Å². The molecule has 0 aromatic carbocycles. The average Bonchev–Trinajstić information content (AvgIpc) is 2.03. The highest BCUT2D eigenvalue weighted by Crippen LogP contribution is 2.21. The molecule has 0 aliphatic heterocycles. The molecule has 0 nitrogen and oxygen atoms in total. The summed E-state index contributed by atoms with van der Waals surface area (Å²) in [7, 11) is 0. The fraction of sp³-hybridized carbons (Fsp3) is 0.571. The zero-order valence-corrected chi connectivity index (χ0v) is 11.5. The summed E-state index contributed by atoms with van der Waals surface area (Å²) in [6.45, 7) is 17.3. The van der Waals surface area contributed by atoms with Crippen molar-refractivity contribution < 1.29 is 8.78 Å². The first-order chi connectivity index (χ1) is 7.13. The van der Waals surface area contributed by atoms with Gasteiger partial charge in [0.05, 0.1) is 0 Å². The van der Waals surface area contributed by atoms with Crippen molar-refractivity contribution in [3.63, 3.8) is 0 Å². The molecule has 0 atom stereocenters. The molecular weight excluding hydrogens is 206 g/mol. The molecule has 0 aliphatic rings. The normalized spacial score (nSPS) is 10.7. The third-order valence-corrected chi connectivity index (χ3v) is 1.06. The average molecular weight is 232 g/mol. The number of allylic oxidation sites excluding steroid dienone is 4. The molecule has 0 heterocycles. The van der Waals surface area contributed by atoms with Crippen LogP contribution < -0.4 is 0 Å². The SMILES string of the molecule is C=C/C=C(\C)C(C)(F)F.C=CC.CC(C)C. The van der Waals surface area contributed by atoms with Gasteiger partial charge < -0.3 is 0 Å². The molecule has 16 heavy (non-hydrogen) atoms. The van der Waals surface area contributed by atoms with Gasteiger partial charge in [-0.25, -0.2) is 8.78 Å². The van der Waals surface area contributed by atoms with Gasteiger partial charge in [-0.1, -0.05) is 45.6 Å². The fourth-order valence-corrected chi connectivity index (χ4v) is 0.323. The van der Waals surface area contributed by atoms with Crippen LogP contribution in [0.4, 0.5) is 8.78 Å². The number of rotatable bonds is 2. The van der Waals surface area contributed by atoms with E-state index in [2.05, 4.69) is 33.9 Å². The van der Waals surface area contributed by atoms with Gasteiger partial charge in [0.15, 0.2) is 0 Å². The van der Waals surface area contributed by atoms with Crippen molar-refractivity contribution in [2.45, 2.75) is 47.5 Å². The highest BCUT2D eigenvalue weighted by Gasteiger charge is 2.22.